The molecule has 0 saturated carbocycles. The number of imidazole rings is 1. The number of aliphatic hydroxyl groups excluding tert-OH is 1. The van der Waals surface area contributed by atoms with E-state index in [-0.39, 0.29) is 29.6 Å². The van der Waals surface area contributed by atoms with Crippen molar-refractivity contribution in [2.45, 2.75) is 26.3 Å². The van der Waals surface area contributed by atoms with Crippen LogP contribution in [0.1, 0.15) is 31.9 Å². The van der Waals surface area contributed by atoms with Crippen LogP contribution in [0.5, 0.6) is 0 Å². The van der Waals surface area contributed by atoms with Gasteiger partial charge in [-0.25, -0.2) is 4.98 Å². The van der Waals surface area contributed by atoms with Crippen LogP contribution < -0.4 is 4.90 Å². The van der Waals surface area contributed by atoms with E-state index in [4.69, 9.17) is 0 Å². The number of nitrogens with one attached hydrogen (secondary N) is 1. The Hall–Kier alpha value is -3.48. The molecule has 0 bridgehead atoms. The molecule has 1 aromatic carbocycles. The minimum atomic E-state index is -0.762. The lowest BCUT2D eigenvalue weighted by Gasteiger charge is -2.24. The molecule has 1 aliphatic rings. The molecule has 4 rings (SSSR count). The topological polar surface area (TPSA) is 99.2 Å². The van der Waals surface area contributed by atoms with E-state index in [2.05, 4.69) is 15.0 Å². The molecule has 1 atom stereocenters. The molecule has 3 aromatic rings. The fourth-order valence-electron chi connectivity index (χ4n) is 3.50. The molecule has 1 aliphatic heterocycles. The van der Waals surface area contributed by atoms with Gasteiger partial charge in [-0.2, -0.15) is 0 Å². The molecule has 7 nitrogen and oxygen atoms in total. The summed E-state index contributed by atoms with van der Waals surface area (Å²) in [4.78, 5) is 38.8. The van der Waals surface area contributed by atoms with E-state index in [1.807, 2.05) is 38.1 Å². The van der Waals surface area contributed by atoms with Crippen LogP contribution in [0.15, 0.2) is 60.1 Å². The summed E-state index contributed by atoms with van der Waals surface area (Å²) < 4.78 is 0. The third-order valence-corrected chi connectivity index (χ3v) is 4.73. The first kappa shape index (κ1) is 17.9. The van der Waals surface area contributed by atoms with Gasteiger partial charge in [0.05, 0.1) is 22.6 Å². The van der Waals surface area contributed by atoms with Crippen molar-refractivity contribution in [3.05, 3.63) is 65.7 Å². The molecule has 1 unspecified atom stereocenters. The summed E-state index contributed by atoms with van der Waals surface area (Å²) in [6, 6.07) is 10.1. The van der Waals surface area contributed by atoms with E-state index in [0.29, 0.717) is 11.1 Å². The summed E-state index contributed by atoms with van der Waals surface area (Å²) in [5, 5.41) is 10.6. The highest BCUT2D eigenvalue weighted by Gasteiger charge is 2.45. The SMILES string of the molecule is CC(C)CC(=O)C1=C(O)C(=O)N(c2nc3ccccc3[nH]2)C1c1ccncc1. The summed E-state index contributed by atoms with van der Waals surface area (Å²) in [6.45, 7) is 3.84. The van der Waals surface area contributed by atoms with E-state index in [9.17, 15) is 14.7 Å². The fraction of sp³-hybridized carbons (Fsp3) is 0.238. The maximum Gasteiger partial charge on any atom is 0.296 e. The molecule has 0 aliphatic carbocycles. The number of ketones is 1. The predicted octanol–water partition coefficient (Wildman–Crippen LogP) is 3.47. The van der Waals surface area contributed by atoms with Gasteiger partial charge in [-0.3, -0.25) is 19.5 Å². The second kappa shape index (κ2) is 6.92. The Balaban J connectivity index is 1.86. The van der Waals surface area contributed by atoms with Crippen molar-refractivity contribution in [3.63, 3.8) is 0 Å². The second-order valence-corrected chi connectivity index (χ2v) is 7.22. The number of para-hydroxylation sites is 2. The highest BCUT2D eigenvalue weighted by molar-refractivity contribution is 6.16. The van der Waals surface area contributed by atoms with Gasteiger partial charge < -0.3 is 10.1 Å². The monoisotopic (exact) mass is 376 g/mol. The van der Waals surface area contributed by atoms with Crippen molar-refractivity contribution < 1.29 is 14.7 Å². The number of carbonyl (C=O) groups excluding carboxylic acids is 2. The van der Waals surface area contributed by atoms with Gasteiger partial charge in [0.1, 0.15) is 0 Å². The average Bonchev–Trinajstić information content (AvgIpc) is 3.21. The molecule has 0 radical (unpaired) electrons. The zero-order valence-electron chi connectivity index (χ0n) is 15.6. The van der Waals surface area contributed by atoms with Crippen LogP contribution >= 0.6 is 0 Å². The van der Waals surface area contributed by atoms with Crippen LogP contribution in [0, 0.1) is 5.92 Å². The number of H-pyrrole nitrogens is 1. The first-order chi connectivity index (χ1) is 13.5. The fourth-order valence-corrected chi connectivity index (χ4v) is 3.50. The molecular weight excluding hydrogens is 356 g/mol. The number of nitrogens with zero attached hydrogens (tertiary/aromatic N) is 3. The van der Waals surface area contributed by atoms with Gasteiger partial charge in [-0.05, 0) is 35.7 Å². The Morgan fingerprint density at radius 1 is 1.21 bits per heavy atom. The highest BCUT2D eigenvalue weighted by Crippen LogP contribution is 2.40. The van der Waals surface area contributed by atoms with Crippen molar-refractivity contribution in [2.75, 3.05) is 4.90 Å². The number of aromatic amines is 1. The zero-order valence-corrected chi connectivity index (χ0v) is 15.6. The summed E-state index contributed by atoms with van der Waals surface area (Å²) in [5.41, 5.74) is 2.24. The molecule has 1 amide bonds. The third-order valence-electron chi connectivity index (χ3n) is 4.73. The Labute approximate surface area is 161 Å². The van der Waals surface area contributed by atoms with Crippen LogP contribution in [0.25, 0.3) is 11.0 Å². The number of amides is 1. The predicted molar refractivity (Wildman–Crippen MR) is 105 cm³/mol. The van der Waals surface area contributed by atoms with E-state index >= 15 is 0 Å². The van der Waals surface area contributed by atoms with Gasteiger partial charge in [0.15, 0.2) is 11.5 Å². The van der Waals surface area contributed by atoms with Crippen molar-refractivity contribution >= 4 is 28.7 Å². The van der Waals surface area contributed by atoms with Crippen molar-refractivity contribution in [1.82, 2.24) is 15.0 Å². The highest BCUT2D eigenvalue weighted by atomic mass is 16.3. The molecular formula is C21H20N4O3. The quantitative estimate of drug-likeness (QED) is 0.710. The maximum absolute atomic E-state index is 13.0. The molecule has 28 heavy (non-hydrogen) atoms. The molecule has 142 valence electrons. The Kier molecular flexibility index (Phi) is 4.43. The smallest absolute Gasteiger partial charge is 0.296 e. The van der Waals surface area contributed by atoms with E-state index < -0.39 is 17.7 Å². The van der Waals surface area contributed by atoms with Gasteiger partial charge >= 0.3 is 0 Å². The van der Waals surface area contributed by atoms with Crippen LogP contribution in [0.4, 0.5) is 5.95 Å². The van der Waals surface area contributed by atoms with Crippen LogP contribution in [0.3, 0.4) is 0 Å². The maximum atomic E-state index is 13.0. The number of rotatable bonds is 5. The lowest BCUT2D eigenvalue weighted by atomic mass is 9.93. The van der Waals surface area contributed by atoms with Crippen LogP contribution in [-0.4, -0.2) is 31.7 Å². The number of hydrogen-bond donors (Lipinski definition) is 2. The van der Waals surface area contributed by atoms with Crippen molar-refractivity contribution in [3.8, 4) is 0 Å². The normalized spacial score (nSPS) is 17.2. The molecule has 0 fully saturated rings. The minimum absolute atomic E-state index is 0.0984. The van der Waals surface area contributed by atoms with Crippen molar-refractivity contribution in [1.29, 1.82) is 0 Å². The molecule has 2 aromatic heterocycles. The van der Waals surface area contributed by atoms with E-state index in [1.165, 1.54) is 4.90 Å². The largest absolute Gasteiger partial charge is 0.503 e. The van der Waals surface area contributed by atoms with Gasteiger partial charge in [0, 0.05) is 18.8 Å². The standard InChI is InChI=1S/C21H20N4O3/c1-12(2)11-16(26)17-18(13-7-9-22-10-8-13)25(20(28)19(17)27)21-23-14-5-3-4-6-15(14)24-21/h3-10,12,18,27H,11H2,1-2H3,(H,23,24). The van der Waals surface area contributed by atoms with E-state index in [0.717, 1.165) is 5.52 Å². The first-order valence-electron chi connectivity index (χ1n) is 9.12. The van der Waals surface area contributed by atoms with Crippen LogP contribution in [-0.2, 0) is 9.59 Å². The molecule has 0 spiro atoms. The van der Waals surface area contributed by atoms with Gasteiger partial charge in [0.2, 0.25) is 5.95 Å². The van der Waals surface area contributed by atoms with Gasteiger partial charge in [0.25, 0.3) is 5.91 Å². The molecule has 0 saturated heterocycles. The number of Topliss-reactive ketones (excluding diaryl/α,β-unsaturated/α-hetero) is 1. The molecule has 2 N–H and O–H groups in total. The molecule has 7 heteroatoms. The van der Waals surface area contributed by atoms with E-state index in [1.54, 1.807) is 24.5 Å². The van der Waals surface area contributed by atoms with Crippen LogP contribution in [0.2, 0.25) is 0 Å². The number of fused-ring (bicyclic) bond motifs is 1. The first-order valence-corrected chi connectivity index (χ1v) is 9.12. The van der Waals surface area contributed by atoms with Crippen molar-refractivity contribution in [2.24, 2.45) is 5.92 Å². The third kappa shape index (κ3) is 2.94. The number of aromatic nitrogens is 3. The lowest BCUT2D eigenvalue weighted by molar-refractivity contribution is -0.118. The average molecular weight is 376 g/mol. The number of pyridine rings is 1. The summed E-state index contributed by atoms with van der Waals surface area (Å²) in [7, 11) is 0. The number of aliphatic hydroxyl groups is 1. The number of anilines is 1. The summed E-state index contributed by atoms with van der Waals surface area (Å²) in [6.07, 6.45) is 3.43. The van der Waals surface area contributed by atoms with Gasteiger partial charge in [-0.15, -0.1) is 0 Å². The summed E-state index contributed by atoms with van der Waals surface area (Å²) >= 11 is 0. The Bertz CT molecular complexity index is 1050. The molecule has 3 heterocycles. The Morgan fingerprint density at radius 3 is 2.61 bits per heavy atom. The second-order valence-electron chi connectivity index (χ2n) is 7.22. The number of hydrogen-bond acceptors (Lipinski definition) is 5. The minimum Gasteiger partial charge on any atom is -0.503 e. The Morgan fingerprint density at radius 2 is 1.93 bits per heavy atom. The summed E-state index contributed by atoms with van der Waals surface area (Å²) in [5.74, 6) is -1.03. The van der Waals surface area contributed by atoms with Gasteiger partial charge in [-0.1, -0.05) is 26.0 Å². The zero-order chi connectivity index (χ0) is 19.8. The lowest BCUT2D eigenvalue weighted by Crippen LogP contribution is -2.32. The number of carbonyl (C=O) groups is 2. The number of benzene rings is 1.